The number of carbonyl (C=O) groups excluding carboxylic acids is 1. The molecule has 0 atom stereocenters. The average Bonchev–Trinajstić information content (AvgIpc) is 3.15. The van der Waals surface area contributed by atoms with Gasteiger partial charge in [-0.05, 0) is 65.8 Å². The van der Waals surface area contributed by atoms with E-state index in [-0.39, 0.29) is 0 Å². The molecule has 1 aliphatic rings. The van der Waals surface area contributed by atoms with Crippen LogP contribution in [0.2, 0.25) is 0 Å². The van der Waals surface area contributed by atoms with Crippen LogP contribution >= 0.6 is 0 Å². The van der Waals surface area contributed by atoms with E-state index in [0.29, 0.717) is 11.6 Å². The quantitative estimate of drug-likeness (QED) is 0.672. The molecule has 4 heteroatoms. The van der Waals surface area contributed by atoms with Crippen molar-refractivity contribution in [3.8, 4) is 16.9 Å². The Morgan fingerprint density at radius 1 is 1.07 bits per heavy atom. The summed E-state index contributed by atoms with van der Waals surface area (Å²) in [5.41, 5.74) is 13.1. The molecule has 0 bridgehead atoms. The zero-order valence-corrected chi connectivity index (χ0v) is 16.9. The van der Waals surface area contributed by atoms with Gasteiger partial charge < -0.3 is 15.8 Å². The van der Waals surface area contributed by atoms with Crippen LogP contribution in [0.25, 0.3) is 11.1 Å². The van der Waals surface area contributed by atoms with Gasteiger partial charge in [0.2, 0.25) is 5.91 Å². The second-order valence-electron chi connectivity index (χ2n) is 7.68. The number of nitrogens with two attached hydrogens (primary N) is 1. The highest BCUT2D eigenvalue weighted by atomic mass is 16.5. The minimum absolute atomic E-state index is 0.410. The van der Waals surface area contributed by atoms with E-state index in [1.165, 1.54) is 11.1 Å². The van der Waals surface area contributed by atoms with Crippen LogP contribution in [-0.4, -0.2) is 19.1 Å². The number of benzene rings is 3. The van der Waals surface area contributed by atoms with Crippen LogP contribution < -0.4 is 15.8 Å². The molecule has 0 saturated heterocycles. The normalized spacial score (nSPS) is 13.3. The number of ether oxygens (including phenoxy) is 1. The summed E-state index contributed by atoms with van der Waals surface area (Å²) in [6.07, 6.45) is 2.14. The Hall–Kier alpha value is -3.11. The van der Waals surface area contributed by atoms with Crippen molar-refractivity contribution in [3.63, 3.8) is 0 Å². The number of fused-ring (bicyclic) bond motifs is 1. The van der Waals surface area contributed by atoms with Crippen molar-refractivity contribution >= 4 is 5.91 Å². The van der Waals surface area contributed by atoms with Gasteiger partial charge in [-0.2, -0.15) is 0 Å². The minimum atomic E-state index is -0.410. The summed E-state index contributed by atoms with van der Waals surface area (Å²) in [5, 5.41) is 3.68. The molecule has 0 fully saturated rings. The van der Waals surface area contributed by atoms with E-state index in [9.17, 15) is 4.79 Å². The lowest BCUT2D eigenvalue weighted by atomic mass is 9.97. The number of nitrogens with one attached hydrogen (secondary N) is 1. The van der Waals surface area contributed by atoms with Gasteiger partial charge in [0.05, 0.1) is 7.11 Å². The van der Waals surface area contributed by atoms with E-state index in [1.807, 2.05) is 19.1 Å². The molecule has 0 heterocycles. The van der Waals surface area contributed by atoms with Gasteiger partial charge in [-0.3, -0.25) is 4.79 Å². The van der Waals surface area contributed by atoms with Crippen LogP contribution in [0.5, 0.6) is 5.75 Å². The van der Waals surface area contributed by atoms with Crippen molar-refractivity contribution in [2.45, 2.75) is 32.4 Å². The number of hydrogen-bond donors (Lipinski definition) is 2. The summed E-state index contributed by atoms with van der Waals surface area (Å²) in [4.78, 5) is 11.4. The summed E-state index contributed by atoms with van der Waals surface area (Å²) in [5.74, 6) is 0.455. The van der Waals surface area contributed by atoms with Crippen molar-refractivity contribution in [1.82, 2.24) is 5.32 Å². The molecule has 0 aromatic heterocycles. The zero-order valence-electron chi connectivity index (χ0n) is 16.9. The summed E-state index contributed by atoms with van der Waals surface area (Å²) in [6.45, 7) is 2.75. The molecule has 0 spiro atoms. The third kappa shape index (κ3) is 4.03. The Labute approximate surface area is 171 Å². The molecular formula is C25H26N2O2. The first kappa shape index (κ1) is 19.2. The van der Waals surface area contributed by atoms with E-state index in [2.05, 4.69) is 47.8 Å². The topological polar surface area (TPSA) is 64.3 Å². The van der Waals surface area contributed by atoms with Gasteiger partial charge >= 0.3 is 0 Å². The van der Waals surface area contributed by atoms with E-state index in [0.717, 1.165) is 47.4 Å². The highest BCUT2D eigenvalue weighted by molar-refractivity contribution is 5.93. The van der Waals surface area contributed by atoms with Crippen LogP contribution in [-0.2, 0) is 19.4 Å². The number of methoxy groups -OCH3 is 1. The lowest BCUT2D eigenvalue weighted by molar-refractivity contribution is 0.1000. The maximum absolute atomic E-state index is 11.4. The standard InChI is InChI=1S/C25H26N2O2/c1-16-11-20(25(26)28)9-10-23(16)19-7-8-21(24(14-19)29-2)15-27-22-12-17-5-3-4-6-18(17)13-22/h3-11,14,22,27H,12-13,15H2,1-2H3,(H2,26,28). The number of amides is 1. The maximum atomic E-state index is 11.4. The number of rotatable bonds is 6. The first-order valence-electron chi connectivity index (χ1n) is 9.93. The second-order valence-corrected chi connectivity index (χ2v) is 7.68. The maximum Gasteiger partial charge on any atom is 0.248 e. The van der Waals surface area contributed by atoms with Gasteiger partial charge in [0.25, 0.3) is 0 Å². The molecule has 1 amide bonds. The minimum Gasteiger partial charge on any atom is -0.496 e. The first-order chi connectivity index (χ1) is 14.0. The highest BCUT2D eigenvalue weighted by Crippen LogP contribution is 2.30. The van der Waals surface area contributed by atoms with Crippen molar-refractivity contribution in [2.24, 2.45) is 5.73 Å². The lowest BCUT2D eigenvalue weighted by Gasteiger charge is -2.16. The van der Waals surface area contributed by atoms with Crippen LogP contribution in [0.1, 0.15) is 32.6 Å². The summed E-state index contributed by atoms with van der Waals surface area (Å²) < 4.78 is 5.67. The summed E-state index contributed by atoms with van der Waals surface area (Å²) in [7, 11) is 1.71. The second kappa shape index (κ2) is 8.10. The molecule has 4 nitrogen and oxygen atoms in total. The lowest BCUT2D eigenvalue weighted by Crippen LogP contribution is -2.29. The molecule has 3 aromatic carbocycles. The molecule has 0 saturated carbocycles. The SMILES string of the molecule is COc1cc(-c2ccc(C(N)=O)cc2C)ccc1CNC1Cc2ccccc2C1. The summed E-state index contributed by atoms with van der Waals surface area (Å²) >= 11 is 0. The first-order valence-corrected chi connectivity index (χ1v) is 9.93. The predicted octanol–water partition coefficient (Wildman–Crippen LogP) is 4.03. The zero-order chi connectivity index (χ0) is 20.4. The van der Waals surface area contributed by atoms with E-state index in [4.69, 9.17) is 10.5 Å². The largest absolute Gasteiger partial charge is 0.496 e. The molecule has 3 aromatic rings. The van der Waals surface area contributed by atoms with Gasteiger partial charge in [-0.15, -0.1) is 0 Å². The van der Waals surface area contributed by atoms with E-state index in [1.54, 1.807) is 13.2 Å². The third-order valence-electron chi connectivity index (χ3n) is 5.74. The molecule has 1 aliphatic carbocycles. The number of hydrogen-bond acceptors (Lipinski definition) is 3. The van der Waals surface area contributed by atoms with Crippen molar-refractivity contribution in [2.75, 3.05) is 7.11 Å². The Morgan fingerprint density at radius 3 is 2.41 bits per heavy atom. The summed E-state index contributed by atoms with van der Waals surface area (Å²) in [6, 6.07) is 20.9. The van der Waals surface area contributed by atoms with Crippen molar-refractivity contribution in [3.05, 3.63) is 88.5 Å². The van der Waals surface area contributed by atoms with Gasteiger partial charge in [-0.1, -0.05) is 42.5 Å². The van der Waals surface area contributed by atoms with Crippen LogP contribution in [0.4, 0.5) is 0 Å². The molecule has 148 valence electrons. The predicted molar refractivity (Wildman–Crippen MR) is 116 cm³/mol. The Bertz CT molecular complexity index is 1030. The number of carbonyl (C=O) groups is 1. The van der Waals surface area contributed by atoms with Gasteiger partial charge in [0.1, 0.15) is 5.75 Å². The van der Waals surface area contributed by atoms with Crippen molar-refractivity contribution in [1.29, 1.82) is 0 Å². The van der Waals surface area contributed by atoms with E-state index >= 15 is 0 Å². The monoisotopic (exact) mass is 386 g/mol. The van der Waals surface area contributed by atoms with Crippen LogP contribution in [0.3, 0.4) is 0 Å². The van der Waals surface area contributed by atoms with Gasteiger partial charge in [-0.25, -0.2) is 0 Å². The highest BCUT2D eigenvalue weighted by Gasteiger charge is 2.20. The average molecular weight is 386 g/mol. The molecule has 0 aliphatic heterocycles. The van der Waals surface area contributed by atoms with Crippen LogP contribution in [0.15, 0.2) is 60.7 Å². The fraction of sp³-hybridized carbons (Fsp3) is 0.240. The Kier molecular flexibility index (Phi) is 5.36. The van der Waals surface area contributed by atoms with Crippen molar-refractivity contribution < 1.29 is 9.53 Å². The molecule has 3 N–H and O–H groups in total. The van der Waals surface area contributed by atoms with Crippen LogP contribution in [0, 0.1) is 6.92 Å². The molecular weight excluding hydrogens is 360 g/mol. The Morgan fingerprint density at radius 2 is 1.79 bits per heavy atom. The molecule has 0 unspecified atom stereocenters. The fourth-order valence-corrected chi connectivity index (χ4v) is 4.16. The van der Waals surface area contributed by atoms with Gasteiger partial charge in [0, 0.05) is 23.7 Å². The number of aryl methyl sites for hydroxylation is 1. The molecule has 4 rings (SSSR count). The molecule has 0 radical (unpaired) electrons. The number of primary amides is 1. The Balaban J connectivity index is 1.50. The molecule has 29 heavy (non-hydrogen) atoms. The van der Waals surface area contributed by atoms with Gasteiger partial charge in [0.15, 0.2) is 0 Å². The third-order valence-corrected chi connectivity index (χ3v) is 5.74. The van der Waals surface area contributed by atoms with E-state index < -0.39 is 5.91 Å². The fourth-order valence-electron chi connectivity index (χ4n) is 4.16. The smallest absolute Gasteiger partial charge is 0.248 e.